The highest BCUT2D eigenvalue weighted by Gasteiger charge is 2.16. The molecular weight excluding hydrogens is 358 g/mol. The van der Waals surface area contributed by atoms with Crippen LogP contribution in [0.3, 0.4) is 0 Å². The van der Waals surface area contributed by atoms with Crippen LogP contribution in [-0.4, -0.2) is 38.7 Å². The van der Waals surface area contributed by atoms with E-state index < -0.39 is 0 Å². The molecule has 0 radical (unpaired) electrons. The number of nitrogens with one attached hydrogen (secondary N) is 2. The normalized spacial score (nSPS) is 15.6. The van der Waals surface area contributed by atoms with Gasteiger partial charge in [0.2, 0.25) is 0 Å². The first-order chi connectivity index (χ1) is 13.9. The Morgan fingerprint density at radius 1 is 1.10 bits per heavy atom. The van der Waals surface area contributed by atoms with Gasteiger partial charge in [-0.1, -0.05) is 19.1 Å². The van der Waals surface area contributed by atoms with Gasteiger partial charge in [0.25, 0.3) is 0 Å². The lowest BCUT2D eigenvalue weighted by atomic mass is 10.0. The van der Waals surface area contributed by atoms with E-state index in [1.807, 2.05) is 12.4 Å². The number of benzene rings is 1. The van der Waals surface area contributed by atoms with Gasteiger partial charge in [-0.25, -0.2) is 0 Å². The number of aromatic nitrogens is 3. The molecule has 2 N–H and O–H groups in total. The first-order valence-corrected chi connectivity index (χ1v) is 10.5. The van der Waals surface area contributed by atoms with Gasteiger partial charge in [-0.15, -0.1) is 0 Å². The minimum Gasteiger partial charge on any atom is -0.379 e. The van der Waals surface area contributed by atoms with Crippen LogP contribution in [0.4, 0.5) is 0 Å². The Hall–Kier alpha value is -2.66. The Bertz CT molecular complexity index is 1010. The summed E-state index contributed by atoms with van der Waals surface area (Å²) >= 11 is 0. The van der Waals surface area contributed by atoms with Crippen LogP contribution in [0.1, 0.15) is 51.3 Å². The van der Waals surface area contributed by atoms with Crippen LogP contribution < -0.4 is 5.32 Å². The number of fused-ring (bicyclic) bond motifs is 1. The van der Waals surface area contributed by atoms with E-state index in [1.165, 1.54) is 37.9 Å². The second-order valence-corrected chi connectivity index (χ2v) is 9.10. The molecule has 3 heterocycles. The van der Waals surface area contributed by atoms with E-state index in [1.54, 1.807) is 0 Å². The zero-order chi connectivity index (χ0) is 20.4. The van der Waals surface area contributed by atoms with Gasteiger partial charge < -0.3 is 5.32 Å². The molecule has 0 amide bonds. The third-order valence-electron chi connectivity index (χ3n) is 5.36. The first kappa shape index (κ1) is 19.6. The maximum atomic E-state index is 4.52. The predicted molar refractivity (Wildman–Crippen MR) is 120 cm³/mol. The molecule has 1 aliphatic heterocycles. The zero-order valence-corrected chi connectivity index (χ0v) is 17.8. The molecule has 4 rings (SSSR count). The molecule has 0 unspecified atom stereocenters. The highest BCUT2D eigenvalue weighted by Crippen LogP contribution is 2.28. The van der Waals surface area contributed by atoms with Crippen molar-refractivity contribution in [2.24, 2.45) is 0 Å². The van der Waals surface area contributed by atoms with E-state index in [0.717, 1.165) is 40.0 Å². The second kappa shape index (κ2) is 7.99. The van der Waals surface area contributed by atoms with E-state index in [9.17, 15) is 0 Å². The summed E-state index contributed by atoms with van der Waals surface area (Å²) in [6.07, 6.45) is 7.91. The predicted octanol–water partition coefficient (Wildman–Crippen LogP) is 4.97. The van der Waals surface area contributed by atoms with Crippen molar-refractivity contribution >= 4 is 16.6 Å². The minimum atomic E-state index is -0.0628. The third-order valence-corrected chi connectivity index (χ3v) is 5.36. The molecule has 29 heavy (non-hydrogen) atoms. The van der Waals surface area contributed by atoms with Crippen molar-refractivity contribution in [3.05, 3.63) is 54.5 Å². The highest BCUT2D eigenvalue weighted by atomic mass is 15.1. The molecule has 5 nitrogen and oxygen atoms in total. The van der Waals surface area contributed by atoms with Crippen LogP contribution >= 0.6 is 0 Å². The lowest BCUT2D eigenvalue weighted by molar-refractivity contribution is 0.220. The molecule has 0 spiro atoms. The average molecular weight is 390 g/mol. The molecular formula is C24H31N5. The van der Waals surface area contributed by atoms with Gasteiger partial charge in [-0.05, 0) is 76.0 Å². The number of hydrogen-bond acceptors (Lipinski definition) is 4. The number of nitrogens with zero attached hydrogens (tertiary/aromatic N) is 3. The van der Waals surface area contributed by atoms with E-state index in [0.29, 0.717) is 0 Å². The molecule has 0 saturated carbocycles. The maximum Gasteiger partial charge on any atom is 0.115 e. The minimum absolute atomic E-state index is 0.0628. The Kier molecular flexibility index (Phi) is 5.41. The highest BCUT2D eigenvalue weighted by molar-refractivity contribution is 5.92. The van der Waals surface area contributed by atoms with Crippen LogP contribution in [0.25, 0.3) is 27.7 Å². The molecule has 1 aromatic carbocycles. The lowest BCUT2D eigenvalue weighted by Gasteiger charge is -2.26. The van der Waals surface area contributed by atoms with Crippen molar-refractivity contribution in [1.29, 1.82) is 0 Å². The summed E-state index contributed by atoms with van der Waals surface area (Å²) in [6.45, 7) is 13.9. The summed E-state index contributed by atoms with van der Waals surface area (Å²) < 4.78 is 0. The van der Waals surface area contributed by atoms with Crippen molar-refractivity contribution in [3.63, 3.8) is 0 Å². The van der Waals surface area contributed by atoms with Crippen molar-refractivity contribution in [3.8, 4) is 11.1 Å². The molecule has 1 fully saturated rings. The fourth-order valence-corrected chi connectivity index (χ4v) is 4.04. The number of likely N-dealkylation sites (tertiary alicyclic amines) is 1. The molecule has 0 aliphatic carbocycles. The number of aromatic amines is 1. The monoisotopic (exact) mass is 389 g/mol. The van der Waals surface area contributed by atoms with Crippen LogP contribution in [0.5, 0.6) is 0 Å². The standard InChI is InChI=1S/C24H31N5/c1-17(26-24(2,3)4)23-21-13-19(8-9-22(21)27-28-23)20-12-18(14-25-15-20)16-29-10-6-5-7-11-29/h8-9,12-15,26H,1,5-7,10-11,16H2,2-4H3,(H,27,28). The molecule has 5 heteroatoms. The van der Waals surface area contributed by atoms with Crippen LogP contribution in [0.15, 0.2) is 43.2 Å². The van der Waals surface area contributed by atoms with Gasteiger partial charge in [0.1, 0.15) is 5.69 Å². The summed E-state index contributed by atoms with van der Waals surface area (Å²) in [6, 6.07) is 8.67. The number of hydrogen-bond donors (Lipinski definition) is 2. The SMILES string of the molecule is C=C(NC(C)(C)C)c1n[nH]c2ccc(-c3cncc(CN4CCCCC4)c3)cc12. The Labute approximate surface area is 173 Å². The molecule has 152 valence electrons. The maximum absolute atomic E-state index is 4.52. The molecule has 0 bridgehead atoms. The van der Waals surface area contributed by atoms with Gasteiger partial charge in [0.05, 0.1) is 11.2 Å². The van der Waals surface area contributed by atoms with Crippen LogP contribution in [0, 0.1) is 0 Å². The molecule has 1 aliphatic rings. The van der Waals surface area contributed by atoms with Crippen molar-refractivity contribution in [1.82, 2.24) is 25.4 Å². The quantitative estimate of drug-likeness (QED) is 0.647. The fraction of sp³-hybridized carbons (Fsp3) is 0.417. The summed E-state index contributed by atoms with van der Waals surface area (Å²) in [5.41, 5.74) is 6.22. The number of H-pyrrole nitrogens is 1. The smallest absolute Gasteiger partial charge is 0.115 e. The van der Waals surface area contributed by atoms with E-state index >= 15 is 0 Å². The first-order valence-electron chi connectivity index (χ1n) is 10.5. The van der Waals surface area contributed by atoms with Gasteiger partial charge in [-0.3, -0.25) is 15.0 Å². The molecule has 1 saturated heterocycles. The van der Waals surface area contributed by atoms with Crippen molar-refractivity contribution < 1.29 is 0 Å². The summed E-state index contributed by atoms with van der Waals surface area (Å²) in [5, 5.41) is 12.1. The third kappa shape index (κ3) is 4.67. The topological polar surface area (TPSA) is 56.8 Å². The van der Waals surface area contributed by atoms with E-state index in [2.05, 4.69) is 77.0 Å². The molecule has 0 atom stereocenters. The van der Waals surface area contributed by atoms with E-state index in [-0.39, 0.29) is 5.54 Å². The summed E-state index contributed by atoms with van der Waals surface area (Å²) in [7, 11) is 0. The number of piperidine rings is 1. The largest absolute Gasteiger partial charge is 0.379 e. The van der Waals surface area contributed by atoms with Gasteiger partial charge in [0, 0.05) is 35.4 Å². The summed E-state index contributed by atoms with van der Waals surface area (Å²) in [4.78, 5) is 7.05. The van der Waals surface area contributed by atoms with Crippen LogP contribution in [0.2, 0.25) is 0 Å². The average Bonchev–Trinajstić information content (AvgIpc) is 3.11. The number of pyridine rings is 1. The van der Waals surface area contributed by atoms with Gasteiger partial charge in [-0.2, -0.15) is 5.10 Å². The lowest BCUT2D eigenvalue weighted by Crippen LogP contribution is -2.34. The van der Waals surface area contributed by atoms with Crippen molar-refractivity contribution in [2.45, 2.75) is 52.1 Å². The molecule has 2 aromatic heterocycles. The number of rotatable bonds is 5. The zero-order valence-electron chi connectivity index (χ0n) is 17.8. The van der Waals surface area contributed by atoms with Gasteiger partial charge >= 0.3 is 0 Å². The Morgan fingerprint density at radius 3 is 2.66 bits per heavy atom. The molecule has 3 aromatic rings. The second-order valence-electron chi connectivity index (χ2n) is 9.10. The Balaban J connectivity index is 1.61. The van der Waals surface area contributed by atoms with Gasteiger partial charge in [0.15, 0.2) is 0 Å². The summed E-state index contributed by atoms with van der Waals surface area (Å²) in [5.74, 6) is 0. The van der Waals surface area contributed by atoms with Crippen molar-refractivity contribution in [2.75, 3.05) is 13.1 Å². The fourth-order valence-electron chi connectivity index (χ4n) is 4.04. The van der Waals surface area contributed by atoms with E-state index in [4.69, 9.17) is 0 Å². The Morgan fingerprint density at radius 2 is 1.90 bits per heavy atom. The van der Waals surface area contributed by atoms with Crippen LogP contribution in [-0.2, 0) is 6.54 Å².